The highest BCUT2D eigenvalue weighted by Gasteiger charge is 2.22. The van der Waals surface area contributed by atoms with Gasteiger partial charge in [0.05, 0.1) is 17.0 Å². The van der Waals surface area contributed by atoms with Gasteiger partial charge in [-0.15, -0.1) is 0 Å². The second kappa shape index (κ2) is 4.11. The van der Waals surface area contributed by atoms with Gasteiger partial charge in [-0.2, -0.15) is 11.8 Å². The van der Waals surface area contributed by atoms with E-state index in [1.807, 2.05) is 18.0 Å². The van der Waals surface area contributed by atoms with Crippen LogP contribution in [0.1, 0.15) is 29.5 Å². The lowest BCUT2D eigenvalue weighted by Gasteiger charge is -2.08. The van der Waals surface area contributed by atoms with Crippen LogP contribution in [0, 0.1) is 0 Å². The van der Waals surface area contributed by atoms with Gasteiger partial charge in [0.1, 0.15) is 5.82 Å². The lowest BCUT2D eigenvalue weighted by molar-refractivity contribution is 0.773. The van der Waals surface area contributed by atoms with E-state index < -0.39 is 0 Å². The molecule has 1 aliphatic rings. The van der Waals surface area contributed by atoms with Gasteiger partial charge in [0, 0.05) is 12.7 Å². The number of hydrogen-bond acceptors (Lipinski definition) is 3. The summed E-state index contributed by atoms with van der Waals surface area (Å²) in [5.74, 6) is 2.45. The fourth-order valence-corrected chi connectivity index (χ4v) is 3.57. The molecule has 3 heterocycles. The molecule has 0 aliphatic carbocycles. The average Bonchev–Trinajstić information content (AvgIpc) is 2.96. The molecule has 0 bridgehead atoms. The Morgan fingerprint density at radius 2 is 2.50 bits per heavy atom. The summed E-state index contributed by atoms with van der Waals surface area (Å²) in [6.45, 7) is 0.577. The van der Waals surface area contributed by atoms with Gasteiger partial charge in [-0.1, -0.05) is 6.07 Å². The summed E-state index contributed by atoms with van der Waals surface area (Å²) in [5, 5.41) is 0.565. The highest BCUT2D eigenvalue weighted by Crippen LogP contribution is 2.39. The van der Waals surface area contributed by atoms with Gasteiger partial charge < -0.3 is 10.1 Å². The minimum atomic E-state index is 0.565. The number of rotatable bonds is 2. The molecule has 4 heteroatoms. The summed E-state index contributed by atoms with van der Waals surface area (Å²) in [4.78, 5) is 4.57. The van der Waals surface area contributed by atoms with Gasteiger partial charge in [-0.3, -0.25) is 0 Å². The van der Waals surface area contributed by atoms with Crippen LogP contribution in [0.15, 0.2) is 24.5 Å². The van der Waals surface area contributed by atoms with Crippen molar-refractivity contribution in [1.82, 2.24) is 9.38 Å². The Morgan fingerprint density at radius 1 is 1.56 bits per heavy atom. The van der Waals surface area contributed by atoms with Crippen LogP contribution in [0.5, 0.6) is 0 Å². The van der Waals surface area contributed by atoms with Gasteiger partial charge in [0.25, 0.3) is 0 Å². The van der Waals surface area contributed by atoms with Crippen molar-refractivity contribution in [2.24, 2.45) is 5.73 Å². The van der Waals surface area contributed by atoms with Crippen molar-refractivity contribution >= 4 is 17.3 Å². The molecular weight excluding hydrogens is 218 g/mol. The van der Waals surface area contributed by atoms with Crippen molar-refractivity contribution in [2.45, 2.75) is 24.6 Å². The topological polar surface area (TPSA) is 43.3 Å². The van der Waals surface area contributed by atoms with E-state index in [0.29, 0.717) is 11.8 Å². The zero-order valence-electron chi connectivity index (χ0n) is 9.10. The van der Waals surface area contributed by atoms with Gasteiger partial charge in [0.15, 0.2) is 0 Å². The smallest absolute Gasteiger partial charge is 0.126 e. The maximum atomic E-state index is 5.73. The van der Waals surface area contributed by atoms with Crippen LogP contribution < -0.4 is 5.73 Å². The molecule has 1 unspecified atom stereocenters. The van der Waals surface area contributed by atoms with E-state index in [4.69, 9.17) is 5.73 Å². The first-order valence-electron chi connectivity index (χ1n) is 5.66. The maximum absolute atomic E-state index is 5.73. The third-order valence-electron chi connectivity index (χ3n) is 3.12. The number of pyridine rings is 1. The first kappa shape index (κ1) is 10.2. The maximum Gasteiger partial charge on any atom is 0.126 e. The van der Waals surface area contributed by atoms with Gasteiger partial charge in [-0.25, -0.2) is 4.98 Å². The summed E-state index contributed by atoms with van der Waals surface area (Å²) in [7, 11) is 0. The van der Waals surface area contributed by atoms with Crippen LogP contribution in [0.25, 0.3) is 5.52 Å². The lowest BCUT2D eigenvalue weighted by Crippen LogP contribution is -2.01. The van der Waals surface area contributed by atoms with Crippen LogP contribution in [-0.2, 0) is 6.54 Å². The average molecular weight is 233 g/mol. The van der Waals surface area contributed by atoms with E-state index in [9.17, 15) is 0 Å². The molecule has 0 saturated carbocycles. The largest absolute Gasteiger partial charge is 0.326 e. The first-order valence-corrected chi connectivity index (χ1v) is 6.71. The Morgan fingerprint density at radius 3 is 3.25 bits per heavy atom. The summed E-state index contributed by atoms with van der Waals surface area (Å²) in [6.07, 6.45) is 6.60. The quantitative estimate of drug-likeness (QED) is 0.866. The molecule has 2 aromatic rings. The monoisotopic (exact) mass is 233 g/mol. The van der Waals surface area contributed by atoms with Crippen molar-refractivity contribution in [3.63, 3.8) is 0 Å². The summed E-state index contributed by atoms with van der Waals surface area (Å²) < 4.78 is 2.20. The van der Waals surface area contributed by atoms with Crippen LogP contribution in [0.2, 0.25) is 0 Å². The minimum Gasteiger partial charge on any atom is -0.326 e. The van der Waals surface area contributed by atoms with E-state index in [2.05, 4.69) is 27.7 Å². The fraction of sp³-hybridized carbons (Fsp3) is 0.417. The Labute approximate surface area is 99.1 Å². The Balaban J connectivity index is 2.12. The molecule has 0 spiro atoms. The molecule has 3 rings (SSSR count). The van der Waals surface area contributed by atoms with Gasteiger partial charge >= 0.3 is 0 Å². The zero-order valence-corrected chi connectivity index (χ0v) is 9.91. The number of nitrogens with two attached hydrogens (primary N) is 1. The van der Waals surface area contributed by atoms with Crippen LogP contribution in [0.3, 0.4) is 0 Å². The summed E-state index contributed by atoms with van der Waals surface area (Å²) >= 11 is 2.01. The van der Waals surface area contributed by atoms with Gasteiger partial charge in [0.2, 0.25) is 0 Å². The molecular formula is C12H15N3S. The fourth-order valence-electron chi connectivity index (χ4n) is 2.29. The predicted molar refractivity (Wildman–Crippen MR) is 67.5 cm³/mol. The predicted octanol–water partition coefficient (Wildman–Crippen LogP) is 2.36. The van der Waals surface area contributed by atoms with Crippen molar-refractivity contribution in [3.8, 4) is 0 Å². The SMILES string of the molecule is NCc1cccn2c(C3CCCS3)ncc12. The number of nitrogens with zero attached hydrogens (tertiary/aromatic N) is 2. The summed E-state index contributed by atoms with van der Waals surface area (Å²) in [6, 6.07) is 4.13. The third-order valence-corrected chi connectivity index (χ3v) is 4.50. The molecule has 1 fully saturated rings. The van der Waals surface area contributed by atoms with Crippen molar-refractivity contribution in [3.05, 3.63) is 35.9 Å². The standard InChI is InChI=1S/C12H15N3S/c13-7-9-3-1-5-15-10(9)8-14-12(15)11-4-2-6-16-11/h1,3,5,8,11H,2,4,6-7,13H2. The minimum absolute atomic E-state index is 0.565. The van der Waals surface area contributed by atoms with Crippen LogP contribution >= 0.6 is 11.8 Å². The normalized spacial score (nSPS) is 20.7. The number of fused-ring (bicyclic) bond motifs is 1. The Hall–Kier alpha value is -1.00. The molecule has 0 amide bonds. The Bertz CT molecular complexity index is 500. The van der Waals surface area contributed by atoms with E-state index in [0.717, 1.165) is 5.52 Å². The Kier molecular flexibility index (Phi) is 2.61. The van der Waals surface area contributed by atoms with E-state index in [1.165, 1.54) is 30.0 Å². The molecule has 3 nitrogen and oxygen atoms in total. The number of aromatic nitrogens is 2. The summed E-state index contributed by atoms with van der Waals surface area (Å²) in [5.41, 5.74) is 8.06. The highest BCUT2D eigenvalue weighted by atomic mass is 32.2. The lowest BCUT2D eigenvalue weighted by atomic mass is 10.2. The van der Waals surface area contributed by atoms with Crippen molar-refractivity contribution < 1.29 is 0 Å². The van der Waals surface area contributed by atoms with Crippen LogP contribution in [0.4, 0.5) is 0 Å². The molecule has 1 saturated heterocycles. The molecule has 2 aromatic heterocycles. The second-order valence-corrected chi connectivity index (χ2v) is 5.42. The van der Waals surface area contributed by atoms with Gasteiger partial charge in [-0.05, 0) is 30.2 Å². The first-order chi connectivity index (χ1) is 7.90. The highest BCUT2D eigenvalue weighted by molar-refractivity contribution is 7.99. The molecule has 0 aromatic carbocycles. The van der Waals surface area contributed by atoms with Crippen molar-refractivity contribution in [1.29, 1.82) is 0 Å². The third kappa shape index (κ3) is 1.53. The number of thioether (sulfide) groups is 1. The van der Waals surface area contributed by atoms with E-state index in [1.54, 1.807) is 0 Å². The van der Waals surface area contributed by atoms with Crippen LogP contribution in [-0.4, -0.2) is 15.1 Å². The number of hydrogen-bond donors (Lipinski definition) is 1. The molecule has 16 heavy (non-hydrogen) atoms. The van der Waals surface area contributed by atoms with E-state index in [-0.39, 0.29) is 0 Å². The molecule has 0 radical (unpaired) electrons. The second-order valence-electron chi connectivity index (χ2n) is 4.11. The molecule has 2 N–H and O–H groups in total. The van der Waals surface area contributed by atoms with Crippen molar-refractivity contribution in [2.75, 3.05) is 5.75 Å². The molecule has 1 atom stereocenters. The molecule has 84 valence electrons. The van der Waals surface area contributed by atoms with E-state index >= 15 is 0 Å². The number of imidazole rings is 1. The zero-order chi connectivity index (χ0) is 11.0. The molecule has 1 aliphatic heterocycles.